The highest BCUT2D eigenvalue weighted by molar-refractivity contribution is 5.79. The molecular formula is C23H26O8. The van der Waals surface area contributed by atoms with Crippen molar-refractivity contribution in [3.63, 3.8) is 0 Å². The number of hydrogen-bond acceptors (Lipinski definition) is 8. The summed E-state index contributed by atoms with van der Waals surface area (Å²) < 4.78 is 21.7. The van der Waals surface area contributed by atoms with Crippen LogP contribution < -0.4 is 14.2 Å². The summed E-state index contributed by atoms with van der Waals surface area (Å²) >= 11 is 0. The third-order valence-electron chi connectivity index (χ3n) is 5.96. The summed E-state index contributed by atoms with van der Waals surface area (Å²) in [5.41, 5.74) is 1.79. The quantitative estimate of drug-likeness (QED) is 0.621. The van der Waals surface area contributed by atoms with Gasteiger partial charge in [-0.05, 0) is 54.8 Å². The lowest BCUT2D eigenvalue weighted by atomic mass is 9.66. The predicted molar refractivity (Wildman–Crippen MR) is 110 cm³/mol. The fourth-order valence-corrected chi connectivity index (χ4v) is 4.60. The molecule has 8 heteroatoms. The number of benzene rings is 2. The molecule has 166 valence electrons. The molecule has 0 aromatic heterocycles. The van der Waals surface area contributed by atoms with Gasteiger partial charge in [-0.3, -0.25) is 4.79 Å². The number of rotatable bonds is 5. The molecule has 0 radical (unpaired) electrons. The molecular weight excluding hydrogens is 404 g/mol. The van der Waals surface area contributed by atoms with Crippen LogP contribution in [-0.2, 0) is 9.53 Å². The van der Waals surface area contributed by atoms with Crippen LogP contribution in [0.3, 0.4) is 0 Å². The number of hydrogen-bond donors (Lipinski definition) is 3. The largest absolute Gasteiger partial charge is 0.504 e. The van der Waals surface area contributed by atoms with Crippen LogP contribution in [0.4, 0.5) is 0 Å². The summed E-state index contributed by atoms with van der Waals surface area (Å²) in [7, 11) is 2.85. The number of phenols is 2. The second kappa shape index (κ2) is 7.85. The van der Waals surface area contributed by atoms with Gasteiger partial charge >= 0.3 is 5.97 Å². The summed E-state index contributed by atoms with van der Waals surface area (Å²) in [5.74, 6) is -1.66. The van der Waals surface area contributed by atoms with E-state index in [1.807, 2.05) is 13.8 Å². The van der Waals surface area contributed by atoms with Crippen LogP contribution in [0.2, 0.25) is 0 Å². The van der Waals surface area contributed by atoms with E-state index in [2.05, 4.69) is 0 Å². The van der Waals surface area contributed by atoms with Crippen LogP contribution in [-0.4, -0.2) is 48.2 Å². The highest BCUT2D eigenvalue weighted by Gasteiger charge is 2.52. The minimum Gasteiger partial charge on any atom is -0.504 e. The minimum absolute atomic E-state index is 0.0813. The van der Waals surface area contributed by atoms with Crippen LogP contribution in [0.5, 0.6) is 28.7 Å². The van der Waals surface area contributed by atoms with E-state index in [4.69, 9.17) is 18.9 Å². The molecule has 3 N–H and O–H groups in total. The predicted octanol–water partition coefficient (Wildman–Crippen LogP) is 2.87. The number of carbonyl (C=O) groups is 1. The first-order valence-electron chi connectivity index (χ1n) is 10.1. The monoisotopic (exact) mass is 430 g/mol. The van der Waals surface area contributed by atoms with Gasteiger partial charge in [-0.25, -0.2) is 0 Å². The van der Waals surface area contributed by atoms with E-state index in [-0.39, 0.29) is 41.5 Å². The van der Waals surface area contributed by atoms with Crippen LogP contribution in [0.25, 0.3) is 0 Å². The zero-order chi connectivity index (χ0) is 22.4. The van der Waals surface area contributed by atoms with Crippen molar-refractivity contribution in [2.75, 3.05) is 20.8 Å². The molecule has 1 aliphatic heterocycles. The number of esters is 1. The highest BCUT2D eigenvalue weighted by atomic mass is 16.5. The third-order valence-corrected chi connectivity index (χ3v) is 5.96. The Bertz CT molecular complexity index is 990. The van der Waals surface area contributed by atoms with Gasteiger partial charge in [0, 0.05) is 11.8 Å². The average Bonchev–Trinajstić information content (AvgIpc) is 3.11. The molecule has 0 bridgehead atoms. The molecule has 0 saturated carbocycles. The molecule has 4 rings (SSSR count). The number of methoxy groups -OCH3 is 2. The Morgan fingerprint density at radius 1 is 1.00 bits per heavy atom. The van der Waals surface area contributed by atoms with Crippen molar-refractivity contribution in [1.29, 1.82) is 0 Å². The Hall–Kier alpha value is -3.13. The molecule has 1 fully saturated rings. The number of fused-ring (bicyclic) bond motifs is 2. The van der Waals surface area contributed by atoms with Gasteiger partial charge in [0.2, 0.25) is 5.75 Å². The van der Waals surface area contributed by atoms with E-state index in [1.165, 1.54) is 20.3 Å². The van der Waals surface area contributed by atoms with E-state index in [0.29, 0.717) is 16.7 Å². The van der Waals surface area contributed by atoms with E-state index < -0.39 is 29.8 Å². The maximum absolute atomic E-state index is 12.7. The zero-order valence-corrected chi connectivity index (χ0v) is 17.8. The SMILES string of the molecule is COc1cc([C@H]2c3cc(OC(C)C)c(O)cc3[C@@H](O)[C@H]3COC(=O)[C@H]23)cc(OC)c1O. The number of aromatic hydroxyl groups is 2. The summed E-state index contributed by atoms with van der Waals surface area (Å²) in [6, 6.07) is 6.43. The zero-order valence-electron chi connectivity index (χ0n) is 17.8. The fourth-order valence-electron chi connectivity index (χ4n) is 4.60. The Morgan fingerprint density at radius 3 is 2.23 bits per heavy atom. The van der Waals surface area contributed by atoms with Gasteiger partial charge in [-0.2, -0.15) is 0 Å². The van der Waals surface area contributed by atoms with Crippen molar-refractivity contribution in [1.82, 2.24) is 0 Å². The standard InChI is InChI=1S/C23H26O8/c1-10(2)31-16-8-12-13(7-15(16)24)21(25)14-9-30-23(27)20(14)19(12)11-5-17(28-3)22(26)18(6-11)29-4/h5-8,10,14,19-21,24-26H,9H2,1-4H3/t14-,19-,20-,21+/m0/s1. The van der Waals surface area contributed by atoms with Crippen LogP contribution in [0, 0.1) is 11.8 Å². The van der Waals surface area contributed by atoms with Crippen molar-refractivity contribution in [2.45, 2.75) is 32.0 Å². The summed E-state index contributed by atoms with van der Waals surface area (Å²) in [5, 5.41) is 31.8. The molecule has 1 saturated heterocycles. The number of phenolic OH excluding ortho intramolecular Hbond substituents is 2. The highest BCUT2D eigenvalue weighted by Crippen LogP contribution is 2.54. The van der Waals surface area contributed by atoms with Gasteiger partial charge in [-0.15, -0.1) is 0 Å². The smallest absolute Gasteiger partial charge is 0.310 e. The minimum atomic E-state index is -0.984. The molecule has 0 spiro atoms. The van der Waals surface area contributed by atoms with Crippen molar-refractivity contribution in [2.24, 2.45) is 11.8 Å². The van der Waals surface area contributed by atoms with Crippen LogP contribution in [0.1, 0.15) is 42.6 Å². The molecule has 8 nitrogen and oxygen atoms in total. The number of aliphatic hydroxyl groups is 1. The van der Waals surface area contributed by atoms with Gasteiger partial charge in [0.1, 0.15) is 0 Å². The van der Waals surface area contributed by atoms with Crippen molar-refractivity contribution >= 4 is 5.97 Å². The third kappa shape index (κ3) is 3.40. The van der Waals surface area contributed by atoms with Crippen molar-refractivity contribution < 1.29 is 39.1 Å². The van der Waals surface area contributed by atoms with E-state index in [9.17, 15) is 20.1 Å². The first kappa shape index (κ1) is 21.1. The Balaban J connectivity index is 1.96. The lowest BCUT2D eigenvalue weighted by molar-refractivity contribution is -0.141. The maximum atomic E-state index is 12.7. The molecule has 2 aromatic carbocycles. The molecule has 2 aliphatic rings. The molecule has 1 aliphatic carbocycles. The fraction of sp³-hybridized carbons (Fsp3) is 0.435. The Morgan fingerprint density at radius 2 is 1.65 bits per heavy atom. The van der Waals surface area contributed by atoms with Crippen LogP contribution >= 0.6 is 0 Å². The number of carbonyl (C=O) groups excluding carboxylic acids is 1. The lowest BCUT2D eigenvalue weighted by Crippen LogP contribution is -2.34. The van der Waals surface area contributed by atoms with Gasteiger partial charge in [-0.1, -0.05) is 0 Å². The molecule has 31 heavy (non-hydrogen) atoms. The summed E-state index contributed by atoms with van der Waals surface area (Å²) in [6.07, 6.45) is -1.17. The number of ether oxygens (including phenoxy) is 4. The van der Waals surface area contributed by atoms with Gasteiger partial charge in [0.15, 0.2) is 23.0 Å². The molecule has 2 aromatic rings. The normalized spacial score (nSPS) is 24.4. The van der Waals surface area contributed by atoms with E-state index in [0.717, 1.165) is 0 Å². The maximum Gasteiger partial charge on any atom is 0.310 e. The Labute approximate surface area is 179 Å². The molecule has 0 unspecified atom stereocenters. The molecule has 0 amide bonds. The van der Waals surface area contributed by atoms with Gasteiger partial charge in [0.25, 0.3) is 0 Å². The molecule has 1 heterocycles. The van der Waals surface area contributed by atoms with Crippen molar-refractivity contribution in [3.8, 4) is 28.7 Å². The topological polar surface area (TPSA) is 115 Å². The van der Waals surface area contributed by atoms with Gasteiger partial charge in [0.05, 0.1) is 39.0 Å². The average molecular weight is 430 g/mol. The number of aliphatic hydroxyl groups excluding tert-OH is 1. The first-order chi connectivity index (χ1) is 14.8. The Kier molecular flexibility index (Phi) is 5.35. The van der Waals surface area contributed by atoms with Gasteiger partial charge < -0.3 is 34.3 Å². The summed E-state index contributed by atoms with van der Waals surface area (Å²) in [4.78, 5) is 12.7. The number of cyclic esters (lactones) is 1. The van der Waals surface area contributed by atoms with E-state index >= 15 is 0 Å². The summed E-state index contributed by atoms with van der Waals surface area (Å²) in [6.45, 7) is 3.76. The van der Waals surface area contributed by atoms with E-state index in [1.54, 1.807) is 18.2 Å². The first-order valence-corrected chi connectivity index (χ1v) is 10.1. The second-order valence-electron chi connectivity index (χ2n) is 8.13. The van der Waals surface area contributed by atoms with Crippen molar-refractivity contribution in [3.05, 3.63) is 41.0 Å². The second-order valence-corrected chi connectivity index (χ2v) is 8.13. The lowest BCUT2D eigenvalue weighted by Gasteiger charge is -2.37. The molecule has 4 atom stereocenters. The van der Waals surface area contributed by atoms with Crippen LogP contribution in [0.15, 0.2) is 24.3 Å².